The van der Waals surface area contributed by atoms with Gasteiger partial charge in [-0.25, -0.2) is 9.83 Å². The highest BCUT2D eigenvalue weighted by Crippen LogP contribution is 2.42. The van der Waals surface area contributed by atoms with Crippen LogP contribution in [0.5, 0.6) is 0 Å². The Labute approximate surface area is 243 Å². The Morgan fingerprint density at radius 1 is 0.595 bits per heavy atom. The van der Waals surface area contributed by atoms with Crippen LogP contribution < -0.4 is 0 Å². The molecule has 0 N–H and O–H groups in total. The van der Waals surface area contributed by atoms with E-state index in [1.807, 2.05) is 24.4 Å². The fourth-order valence-electron chi connectivity index (χ4n) is 6.64. The second-order valence-corrected chi connectivity index (χ2v) is 10.8. The first kappa shape index (κ1) is 24.2. The van der Waals surface area contributed by atoms with Crippen LogP contribution >= 0.6 is 0 Å². The number of pyridine rings is 1. The number of fused-ring (bicyclic) bond motifs is 6. The molecule has 8 rings (SSSR count). The normalized spacial score (nSPS) is 11.5. The summed E-state index contributed by atoms with van der Waals surface area (Å²) in [5.74, 6) is 0.854. The van der Waals surface area contributed by atoms with Crippen molar-refractivity contribution in [1.29, 1.82) is 0 Å². The number of aromatic nitrogens is 3. The standard InChI is InChI=1S/C38H26N4/c1-24-11-8-17-31-29-15-4-6-19-33(29)41(35(24)31)37-28(26-13-10-14-27(23-26)39-3)21-22-40-38(37)42-34-20-7-5-16-30(34)32-18-9-12-25(2)36(32)42/h4-23H,1-2H3. The van der Waals surface area contributed by atoms with Gasteiger partial charge < -0.3 is 4.57 Å². The molecule has 8 aromatic rings. The maximum atomic E-state index is 7.70. The second kappa shape index (κ2) is 9.19. The van der Waals surface area contributed by atoms with E-state index in [4.69, 9.17) is 11.6 Å². The largest absolute Gasteiger partial charge is 0.305 e. The fourth-order valence-corrected chi connectivity index (χ4v) is 6.64. The maximum absolute atomic E-state index is 7.70. The van der Waals surface area contributed by atoms with E-state index in [0.29, 0.717) is 5.69 Å². The highest BCUT2D eigenvalue weighted by molar-refractivity contribution is 6.13. The van der Waals surface area contributed by atoms with Gasteiger partial charge in [0, 0.05) is 33.3 Å². The summed E-state index contributed by atoms with van der Waals surface area (Å²) in [6, 6.07) is 40.2. The quantitative estimate of drug-likeness (QED) is 0.206. The van der Waals surface area contributed by atoms with Gasteiger partial charge in [0.1, 0.15) is 0 Å². The van der Waals surface area contributed by atoms with Crippen LogP contribution in [0.1, 0.15) is 11.1 Å². The van der Waals surface area contributed by atoms with Gasteiger partial charge in [-0.3, -0.25) is 4.57 Å². The Morgan fingerprint density at radius 2 is 1.17 bits per heavy atom. The molecule has 0 aliphatic carbocycles. The second-order valence-electron chi connectivity index (χ2n) is 10.8. The summed E-state index contributed by atoms with van der Waals surface area (Å²) in [6.07, 6.45) is 1.90. The van der Waals surface area contributed by atoms with Crippen molar-refractivity contribution in [2.24, 2.45) is 0 Å². The molecule has 0 atom stereocenters. The van der Waals surface area contributed by atoms with Crippen LogP contribution in [0.25, 0.3) is 71.1 Å². The minimum Gasteiger partial charge on any atom is -0.305 e. The van der Waals surface area contributed by atoms with E-state index in [1.54, 1.807) is 0 Å². The van der Waals surface area contributed by atoms with Crippen molar-refractivity contribution in [3.63, 3.8) is 0 Å². The summed E-state index contributed by atoms with van der Waals surface area (Å²) in [4.78, 5) is 8.92. The van der Waals surface area contributed by atoms with Crippen LogP contribution in [0.2, 0.25) is 0 Å². The van der Waals surface area contributed by atoms with E-state index >= 15 is 0 Å². The number of rotatable bonds is 3. The van der Waals surface area contributed by atoms with E-state index in [0.717, 1.165) is 44.7 Å². The molecule has 42 heavy (non-hydrogen) atoms. The van der Waals surface area contributed by atoms with Crippen LogP contribution in [0.4, 0.5) is 5.69 Å². The molecule has 3 heterocycles. The lowest BCUT2D eigenvalue weighted by Crippen LogP contribution is -2.08. The van der Waals surface area contributed by atoms with Crippen molar-refractivity contribution in [3.8, 4) is 22.6 Å². The molecule has 0 unspecified atom stereocenters. The van der Waals surface area contributed by atoms with Gasteiger partial charge in [0.2, 0.25) is 0 Å². The van der Waals surface area contributed by atoms with Gasteiger partial charge in [-0.2, -0.15) is 0 Å². The Balaban J connectivity index is 1.63. The smallest absolute Gasteiger partial charge is 0.187 e. The molecule has 0 amide bonds. The molecule has 198 valence electrons. The Kier molecular flexibility index (Phi) is 5.29. The zero-order valence-electron chi connectivity index (χ0n) is 23.3. The van der Waals surface area contributed by atoms with Crippen molar-refractivity contribution >= 4 is 49.3 Å². The molecule has 0 bridgehead atoms. The average molecular weight is 539 g/mol. The van der Waals surface area contributed by atoms with Crippen molar-refractivity contribution < 1.29 is 0 Å². The van der Waals surface area contributed by atoms with Crippen LogP contribution in [0, 0.1) is 20.4 Å². The predicted molar refractivity (Wildman–Crippen MR) is 174 cm³/mol. The molecule has 5 aromatic carbocycles. The van der Waals surface area contributed by atoms with E-state index in [9.17, 15) is 0 Å². The van der Waals surface area contributed by atoms with Gasteiger partial charge in [0.15, 0.2) is 11.5 Å². The summed E-state index contributed by atoms with van der Waals surface area (Å²) in [6.45, 7) is 12.1. The van der Waals surface area contributed by atoms with E-state index in [-0.39, 0.29) is 0 Å². The van der Waals surface area contributed by atoms with E-state index in [2.05, 4.69) is 125 Å². The van der Waals surface area contributed by atoms with Crippen LogP contribution in [0.15, 0.2) is 121 Å². The summed E-state index contributed by atoms with van der Waals surface area (Å²) >= 11 is 0. The predicted octanol–water partition coefficient (Wildman–Crippen LogP) is 10.1. The van der Waals surface area contributed by atoms with Crippen molar-refractivity contribution in [2.45, 2.75) is 13.8 Å². The molecule has 4 nitrogen and oxygen atoms in total. The summed E-state index contributed by atoms with van der Waals surface area (Å²) < 4.78 is 4.72. The highest BCUT2D eigenvalue weighted by Gasteiger charge is 2.24. The number of nitrogens with zero attached hydrogens (tertiary/aromatic N) is 4. The molecule has 3 aromatic heterocycles. The maximum Gasteiger partial charge on any atom is 0.187 e. The van der Waals surface area contributed by atoms with Crippen molar-refractivity contribution in [1.82, 2.24) is 14.1 Å². The topological polar surface area (TPSA) is 27.1 Å². The molecule has 0 saturated heterocycles. The van der Waals surface area contributed by atoms with E-state index in [1.165, 1.54) is 32.7 Å². The van der Waals surface area contributed by atoms with Crippen molar-refractivity contribution in [2.75, 3.05) is 0 Å². The highest BCUT2D eigenvalue weighted by atomic mass is 15.1. The summed E-state index contributed by atoms with van der Waals surface area (Å²) in [5.41, 5.74) is 10.5. The minimum atomic E-state index is 0.614. The first-order valence-corrected chi connectivity index (χ1v) is 14.1. The zero-order valence-corrected chi connectivity index (χ0v) is 23.3. The third kappa shape index (κ3) is 3.38. The van der Waals surface area contributed by atoms with Gasteiger partial charge >= 0.3 is 0 Å². The number of para-hydroxylation sites is 4. The van der Waals surface area contributed by atoms with Crippen LogP contribution in [-0.2, 0) is 0 Å². The van der Waals surface area contributed by atoms with Crippen LogP contribution in [-0.4, -0.2) is 14.1 Å². The first-order valence-electron chi connectivity index (χ1n) is 14.1. The molecule has 0 aliphatic rings. The number of hydrogen-bond donors (Lipinski definition) is 0. The van der Waals surface area contributed by atoms with Gasteiger partial charge in [0.05, 0.1) is 34.3 Å². The molecule has 0 fully saturated rings. The first-order chi connectivity index (χ1) is 20.7. The molecule has 0 spiro atoms. The summed E-state index contributed by atoms with van der Waals surface area (Å²) in [5, 5.41) is 4.81. The SMILES string of the molecule is [C-]#[N+]c1cccc(-c2ccnc(-n3c4ccccc4c4cccc(C)c43)c2-n2c3ccccc3c3cccc(C)c32)c1. The average Bonchev–Trinajstić information content (AvgIpc) is 3.55. The summed E-state index contributed by atoms with van der Waals surface area (Å²) in [7, 11) is 0. The van der Waals surface area contributed by atoms with Gasteiger partial charge in [-0.1, -0.05) is 91.0 Å². The lowest BCUT2D eigenvalue weighted by atomic mass is 10.0. The fraction of sp³-hybridized carbons (Fsp3) is 0.0526. The minimum absolute atomic E-state index is 0.614. The van der Waals surface area contributed by atoms with E-state index < -0.39 is 0 Å². The Bertz CT molecular complexity index is 2400. The Hall–Kier alpha value is -5.66. The molecular weight excluding hydrogens is 512 g/mol. The lowest BCUT2D eigenvalue weighted by Gasteiger charge is -2.20. The molecule has 4 heteroatoms. The van der Waals surface area contributed by atoms with Gasteiger partial charge in [-0.05, 0) is 54.8 Å². The van der Waals surface area contributed by atoms with Crippen molar-refractivity contribution in [3.05, 3.63) is 144 Å². The zero-order chi connectivity index (χ0) is 28.4. The van der Waals surface area contributed by atoms with Crippen LogP contribution in [0.3, 0.4) is 0 Å². The lowest BCUT2D eigenvalue weighted by molar-refractivity contribution is 1.02. The number of benzene rings is 5. The van der Waals surface area contributed by atoms with Gasteiger partial charge in [-0.15, -0.1) is 0 Å². The molecule has 0 saturated carbocycles. The number of hydrogen-bond acceptors (Lipinski definition) is 1. The molecule has 0 radical (unpaired) electrons. The Morgan fingerprint density at radius 3 is 1.83 bits per heavy atom. The monoisotopic (exact) mass is 538 g/mol. The third-order valence-corrected chi connectivity index (χ3v) is 8.42. The molecular formula is C38H26N4. The number of aryl methyl sites for hydroxylation is 2. The molecule has 0 aliphatic heterocycles. The van der Waals surface area contributed by atoms with Gasteiger partial charge in [0.25, 0.3) is 0 Å². The third-order valence-electron chi connectivity index (χ3n) is 8.42.